The molecule has 0 heterocycles. The van der Waals surface area contributed by atoms with Gasteiger partial charge in [-0.1, -0.05) is 88.9 Å². The first-order chi connectivity index (χ1) is 19.0. The molecule has 0 aliphatic heterocycles. The van der Waals surface area contributed by atoms with Crippen LogP contribution in [0.5, 0.6) is 0 Å². The van der Waals surface area contributed by atoms with Crippen molar-refractivity contribution in [3.05, 3.63) is 98.4 Å². The molecule has 0 saturated heterocycles. The molecule has 3 aromatic rings. The third-order valence-corrected chi connectivity index (χ3v) is 8.64. The van der Waals surface area contributed by atoms with E-state index in [-0.39, 0.29) is 18.9 Å². The van der Waals surface area contributed by atoms with Crippen molar-refractivity contribution in [1.29, 1.82) is 0 Å². The van der Waals surface area contributed by atoms with Gasteiger partial charge in [-0.3, -0.25) is 13.9 Å². The molecule has 7 nitrogen and oxygen atoms in total. The molecule has 0 aliphatic carbocycles. The zero-order valence-corrected chi connectivity index (χ0v) is 26.2. The number of hydrogen-bond acceptors (Lipinski definition) is 4. The highest BCUT2D eigenvalue weighted by Crippen LogP contribution is 2.25. The maximum absolute atomic E-state index is 14.0. The van der Waals surface area contributed by atoms with Crippen LogP contribution in [-0.4, -0.2) is 50.5 Å². The lowest BCUT2D eigenvalue weighted by atomic mass is 10.0. The molecule has 0 fully saturated rings. The van der Waals surface area contributed by atoms with Gasteiger partial charge < -0.3 is 10.2 Å². The van der Waals surface area contributed by atoms with Crippen LogP contribution < -0.4 is 9.62 Å². The maximum Gasteiger partial charge on any atom is 0.244 e. The second-order valence-electron chi connectivity index (χ2n) is 9.37. The first-order valence-electron chi connectivity index (χ1n) is 12.8. The van der Waals surface area contributed by atoms with Gasteiger partial charge in [0.1, 0.15) is 12.6 Å². The zero-order chi connectivity index (χ0) is 29.3. The Balaban J connectivity index is 2.04. The van der Waals surface area contributed by atoms with Crippen LogP contribution in [0.15, 0.2) is 77.3 Å². The summed E-state index contributed by atoms with van der Waals surface area (Å²) in [6.45, 7) is 2.01. The lowest BCUT2D eigenvalue weighted by Crippen LogP contribution is -2.53. The second-order valence-corrected chi connectivity index (χ2v) is 13.0. The van der Waals surface area contributed by atoms with E-state index in [9.17, 15) is 18.0 Å². The van der Waals surface area contributed by atoms with Crippen molar-refractivity contribution in [3.63, 3.8) is 0 Å². The van der Waals surface area contributed by atoms with Crippen LogP contribution in [0, 0.1) is 0 Å². The number of benzene rings is 3. The largest absolute Gasteiger partial charge is 0.354 e. The molecule has 3 aromatic carbocycles. The van der Waals surface area contributed by atoms with E-state index in [1.165, 1.54) is 4.90 Å². The molecule has 1 unspecified atom stereocenters. The van der Waals surface area contributed by atoms with Crippen molar-refractivity contribution in [2.24, 2.45) is 0 Å². The number of unbranched alkanes of at least 4 members (excludes halogenated alkanes) is 1. The fourth-order valence-electron chi connectivity index (χ4n) is 4.12. The summed E-state index contributed by atoms with van der Waals surface area (Å²) in [6, 6.07) is 20.1. The number of sulfonamides is 1. The number of nitrogens with one attached hydrogen (secondary N) is 1. The number of rotatable bonds is 13. The molecule has 0 aromatic heterocycles. The molecular weight excluding hydrogens is 637 g/mol. The van der Waals surface area contributed by atoms with E-state index in [0.717, 1.165) is 33.4 Å². The van der Waals surface area contributed by atoms with Crippen LogP contribution in [0.4, 0.5) is 5.69 Å². The minimum absolute atomic E-state index is 0.0202. The number of carbonyl (C=O) groups excluding carboxylic acids is 2. The molecule has 0 aliphatic rings. The van der Waals surface area contributed by atoms with Gasteiger partial charge in [-0.15, -0.1) is 0 Å². The summed E-state index contributed by atoms with van der Waals surface area (Å²) in [5.41, 5.74) is 1.84. The Morgan fingerprint density at radius 3 is 2.23 bits per heavy atom. The molecule has 0 radical (unpaired) electrons. The molecule has 1 N–H and O–H groups in total. The number of amides is 2. The van der Waals surface area contributed by atoms with E-state index in [1.807, 2.05) is 37.3 Å². The highest BCUT2D eigenvalue weighted by Gasteiger charge is 2.33. The maximum atomic E-state index is 14.0. The first kappa shape index (κ1) is 31.9. The molecule has 40 heavy (non-hydrogen) atoms. The lowest BCUT2D eigenvalue weighted by molar-refractivity contribution is -0.140. The Bertz CT molecular complexity index is 1410. The Labute approximate surface area is 254 Å². The van der Waals surface area contributed by atoms with E-state index in [2.05, 4.69) is 21.2 Å². The predicted molar refractivity (Wildman–Crippen MR) is 165 cm³/mol. The fourth-order valence-corrected chi connectivity index (χ4v) is 5.55. The highest BCUT2D eigenvalue weighted by atomic mass is 79.9. The van der Waals surface area contributed by atoms with Crippen molar-refractivity contribution >= 4 is 66.7 Å². The van der Waals surface area contributed by atoms with Crippen molar-refractivity contribution < 1.29 is 18.0 Å². The first-order valence-corrected chi connectivity index (χ1v) is 16.2. The highest BCUT2D eigenvalue weighted by molar-refractivity contribution is 9.10. The molecule has 214 valence electrons. The van der Waals surface area contributed by atoms with Crippen LogP contribution in [0.3, 0.4) is 0 Å². The summed E-state index contributed by atoms with van der Waals surface area (Å²) >= 11 is 15.7. The Hall–Kier alpha value is -2.59. The SMILES string of the molecule is CCCCNC(=O)C(Cc1ccccc1)N(Cc1ccc(Cl)c(Cl)c1)C(=O)CN(c1ccc(Br)cc1)S(C)(=O)=O. The van der Waals surface area contributed by atoms with Crippen molar-refractivity contribution in [2.45, 2.75) is 38.8 Å². The van der Waals surface area contributed by atoms with E-state index in [4.69, 9.17) is 23.2 Å². The smallest absolute Gasteiger partial charge is 0.244 e. The topological polar surface area (TPSA) is 86.8 Å². The van der Waals surface area contributed by atoms with E-state index < -0.39 is 28.5 Å². The molecule has 11 heteroatoms. The quantitative estimate of drug-likeness (QED) is 0.224. The minimum atomic E-state index is -3.84. The number of hydrogen-bond donors (Lipinski definition) is 1. The monoisotopic (exact) mass is 667 g/mol. The molecule has 0 spiro atoms. The molecule has 3 rings (SSSR count). The Morgan fingerprint density at radius 1 is 0.950 bits per heavy atom. The van der Waals surface area contributed by atoms with Gasteiger partial charge in [0, 0.05) is 24.0 Å². The van der Waals surface area contributed by atoms with Crippen LogP contribution in [0.2, 0.25) is 10.0 Å². The van der Waals surface area contributed by atoms with Crippen molar-refractivity contribution in [3.8, 4) is 0 Å². The number of nitrogens with zero attached hydrogens (tertiary/aromatic N) is 2. The molecule has 0 bridgehead atoms. The summed E-state index contributed by atoms with van der Waals surface area (Å²) in [5.74, 6) is -0.855. The van der Waals surface area contributed by atoms with Gasteiger partial charge in [0.15, 0.2) is 0 Å². The van der Waals surface area contributed by atoms with Crippen molar-refractivity contribution in [1.82, 2.24) is 10.2 Å². The van der Waals surface area contributed by atoms with Gasteiger partial charge in [0.2, 0.25) is 21.8 Å². The number of anilines is 1. The molecule has 1 atom stereocenters. The average molecular weight is 669 g/mol. The lowest BCUT2D eigenvalue weighted by Gasteiger charge is -2.33. The van der Waals surface area contributed by atoms with Gasteiger partial charge in [-0.05, 0) is 53.9 Å². The van der Waals surface area contributed by atoms with Gasteiger partial charge >= 0.3 is 0 Å². The second kappa shape index (κ2) is 14.9. The zero-order valence-electron chi connectivity index (χ0n) is 22.3. The third kappa shape index (κ3) is 9.23. The van der Waals surface area contributed by atoms with Gasteiger partial charge in [-0.2, -0.15) is 0 Å². The Kier molecular flexibility index (Phi) is 11.9. The molecule has 0 saturated carbocycles. The summed E-state index contributed by atoms with van der Waals surface area (Å²) in [4.78, 5) is 29.0. The normalized spacial score (nSPS) is 12.0. The van der Waals surface area contributed by atoms with Gasteiger partial charge in [0.05, 0.1) is 22.0 Å². The van der Waals surface area contributed by atoms with E-state index in [0.29, 0.717) is 27.8 Å². The average Bonchev–Trinajstić information content (AvgIpc) is 2.91. The van der Waals surface area contributed by atoms with E-state index >= 15 is 0 Å². The fraction of sp³-hybridized carbons (Fsp3) is 0.310. The summed E-state index contributed by atoms with van der Waals surface area (Å²) in [5, 5.41) is 3.62. The summed E-state index contributed by atoms with van der Waals surface area (Å²) in [6.07, 6.45) is 2.97. The van der Waals surface area contributed by atoms with E-state index in [1.54, 1.807) is 42.5 Å². The summed E-state index contributed by atoms with van der Waals surface area (Å²) in [7, 11) is -3.84. The molecular formula is C29H32BrCl2N3O4S. The van der Waals surface area contributed by atoms with Crippen LogP contribution in [-0.2, 0) is 32.6 Å². The predicted octanol–water partition coefficient (Wildman–Crippen LogP) is 6.08. The Morgan fingerprint density at radius 2 is 1.62 bits per heavy atom. The van der Waals surface area contributed by atoms with Crippen molar-refractivity contribution in [2.75, 3.05) is 23.7 Å². The number of halogens is 3. The van der Waals surface area contributed by atoms with Gasteiger partial charge in [0.25, 0.3) is 0 Å². The van der Waals surface area contributed by atoms with Crippen LogP contribution in [0.1, 0.15) is 30.9 Å². The molecule has 2 amide bonds. The van der Waals surface area contributed by atoms with Gasteiger partial charge in [-0.25, -0.2) is 8.42 Å². The summed E-state index contributed by atoms with van der Waals surface area (Å²) < 4.78 is 27.4. The standard InChI is InChI=1S/C29H32BrCl2N3O4S/c1-3-4-16-33-29(37)27(18-21-8-6-5-7-9-21)34(19-22-10-15-25(31)26(32)17-22)28(36)20-35(40(2,38)39)24-13-11-23(30)12-14-24/h5-15,17,27H,3-4,16,18-20H2,1-2H3,(H,33,37). The number of carbonyl (C=O) groups is 2. The minimum Gasteiger partial charge on any atom is -0.354 e. The van der Waals surface area contributed by atoms with Crippen LogP contribution >= 0.6 is 39.1 Å². The van der Waals surface area contributed by atoms with Crippen LogP contribution in [0.25, 0.3) is 0 Å². The third-order valence-electron chi connectivity index (χ3n) is 6.23.